The number of benzene rings is 1. The molecule has 0 aliphatic heterocycles. The standard InChI is InChI=1S/C13H16FN3O/c1-3-15-8(2)11-7-16-13(17-11)9-4-5-12(18)10(14)6-9/h4-8,15,18H,3H2,1-2H3,(H,16,17). The molecule has 0 amide bonds. The monoisotopic (exact) mass is 249 g/mol. The first-order valence-electron chi connectivity index (χ1n) is 5.89. The minimum atomic E-state index is -0.648. The number of rotatable bonds is 4. The summed E-state index contributed by atoms with van der Waals surface area (Å²) in [5.41, 5.74) is 1.56. The van der Waals surface area contributed by atoms with Crippen LogP contribution in [0.25, 0.3) is 11.4 Å². The second-order valence-corrected chi connectivity index (χ2v) is 4.13. The Hall–Kier alpha value is -1.88. The molecule has 0 bridgehead atoms. The molecule has 1 atom stereocenters. The fraction of sp³-hybridized carbons (Fsp3) is 0.308. The van der Waals surface area contributed by atoms with Gasteiger partial charge < -0.3 is 15.4 Å². The third-order valence-electron chi connectivity index (χ3n) is 2.79. The average molecular weight is 249 g/mol. The topological polar surface area (TPSA) is 60.9 Å². The molecular weight excluding hydrogens is 233 g/mol. The molecule has 2 aromatic rings. The summed E-state index contributed by atoms with van der Waals surface area (Å²) >= 11 is 0. The highest BCUT2D eigenvalue weighted by atomic mass is 19.1. The third kappa shape index (κ3) is 2.51. The van der Waals surface area contributed by atoms with Crippen molar-refractivity contribution in [3.8, 4) is 17.1 Å². The molecule has 0 saturated heterocycles. The summed E-state index contributed by atoms with van der Waals surface area (Å²) in [7, 11) is 0. The van der Waals surface area contributed by atoms with Crippen LogP contribution in [0, 0.1) is 5.82 Å². The van der Waals surface area contributed by atoms with E-state index in [-0.39, 0.29) is 11.8 Å². The zero-order valence-electron chi connectivity index (χ0n) is 10.4. The summed E-state index contributed by atoms with van der Waals surface area (Å²) in [5.74, 6) is -0.412. The van der Waals surface area contributed by atoms with E-state index in [1.807, 2.05) is 13.8 Å². The molecular formula is C13H16FN3O. The van der Waals surface area contributed by atoms with Gasteiger partial charge in [0.2, 0.25) is 0 Å². The van der Waals surface area contributed by atoms with Gasteiger partial charge >= 0.3 is 0 Å². The highest BCUT2D eigenvalue weighted by Gasteiger charge is 2.10. The molecule has 1 heterocycles. The van der Waals surface area contributed by atoms with E-state index in [9.17, 15) is 4.39 Å². The Balaban J connectivity index is 2.26. The first-order valence-corrected chi connectivity index (χ1v) is 5.89. The highest BCUT2D eigenvalue weighted by molar-refractivity contribution is 5.56. The number of phenols is 1. The number of H-pyrrole nitrogens is 1. The summed E-state index contributed by atoms with van der Waals surface area (Å²) in [5, 5.41) is 12.4. The van der Waals surface area contributed by atoms with Crippen LogP contribution in [0.1, 0.15) is 25.6 Å². The van der Waals surface area contributed by atoms with Gasteiger partial charge in [0.05, 0.1) is 11.9 Å². The zero-order chi connectivity index (χ0) is 13.1. The second-order valence-electron chi connectivity index (χ2n) is 4.13. The van der Waals surface area contributed by atoms with E-state index in [0.717, 1.165) is 12.2 Å². The molecule has 0 fully saturated rings. The van der Waals surface area contributed by atoms with Crippen molar-refractivity contribution >= 4 is 0 Å². The van der Waals surface area contributed by atoms with Crippen molar-refractivity contribution in [3.63, 3.8) is 0 Å². The van der Waals surface area contributed by atoms with Crippen LogP contribution in [0.3, 0.4) is 0 Å². The van der Waals surface area contributed by atoms with Crippen LogP contribution in [-0.4, -0.2) is 21.6 Å². The van der Waals surface area contributed by atoms with Crippen molar-refractivity contribution in [2.24, 2.45) is 0 Å². The number of hydrogen-bond donors (Lipinski definition) is 3. The van der Waals surface area contributed by atoms with Crippen LogP contribution in [0.5, 0.6) is 5.75 Å². The first kappa shape index (κ1) is 12.6. The lowest BCUT2D eigenvalue weighted by atomic mass is 10.2. The lowest BCUT2D eigenvalue weighted by molar-refractivity contribution is 0.432. The maximum Gasteiger partial charge on any atom is 0.165 e. The van der Waals surface area contributed by atoms with Crippen molar-refractivity contribution in [1.82, 2.24) is 15.3 Å². The van der Waals surface area contributed by atoms with E-state index >= 15 is 0 Å². The lowest BCUT2D eigenvalue weighted by Crippen LogP contribution is -2.17. The lowest BCUT2D eigenvalue weighted by Gasteiger charge is -2.09. The Morgan fingerprint density at radius 3 is 2.94 bits per heavy atom. The van der Waals surface area contributed by atoms with E-state index in [1.165, 1.54) is 12.1 Å². The molecule has 96 valence electrons. The van der Waals surface area contributed by atoms with Gasteiger partial charge in [-0.2, -0.15) is 0 Å². The number of aromatic amines is 1. The van der Waals surface area contributed by atoms with E-state index < -0.39 is 5.82 Å². The minimum absolute atomic E-state index is 0.165. The van der Waals surface area contributed by atoms with Gasteiger partial charge in [-0.15, -0.1) is 0 Å². The van der Waals surface area contributed by atoms with Gasteiger partial charge in [0.25, 0.3) is 0 Å². The van der Waals surface area contributed by atoms with Crippen molar-refractivity contribution < 1.29 is 9.50 Å². The Kier molecular flexibility index (Phi) is 3.62. The summed E-state index contributed by atoms with van der Waals surface area (Å²) in [6.07, 6.45) is 1.73. The van der Waals surface area contributed by atoms with Crippen molar-refractivity contribution in [1.29, 1.82) is 0 Å². The second kappa shape index (κ2) is 5.18. The zero-order valence-corrected chi connectivity index (χ0v) is 10.4. The maximum atomic E-state index is 13.2. The van der Waals surface area contributed by atoms with Gasteiger partial charge in [-0.05, 0) is 31.7 Å². The normalized spacial score (nSPS) is 12.6. The Bertz CT molecular complexity index is 539. The Labute approximate surface area is 105 Å². The predicted molar refractivity (Wildman–Crippen MR) is 67.7 cm³/mol. The smallest absolute Gasteiger partial charge is 0.165 e. The van der Waals surface area contributed by atoms with Crippen LogP contribution in [0.15, 0.2) is 24.4 Å². The molecule has 0 radical (unpaired) electrons. The molecule has 1 unspecified atom stereocenters. The number of nitrogens with zero attached hydrogens (tertiary/aromatic N) is 1. The molecule has 0 saturated carbocycles. The number of hydrogen-bond acceptors (Lipinski definition) is 3. The molecule has 0 aliphatic rings. The maximum absolute atomic E-state index is 13.2. The van der Waals surface area contributed by atoms with Crippen LogP contribution < -0.4 is 5.32 Å². The first-order chi connectivity index (χ1) is 8.61. The molecule has 5 heteroatoms. The molecule has 0 spiro atoms. The van der Waals surface area contributed by atoms with Crippen LogP contribution in [0.2, 0.25) is 0 Å². The van der Waals surface area contributed by atoms with Gasteiger partial charge in [-0.3, -0.25) is 0 Å². The quantitative estimate of drug-likeness (QED) is 0.780. The molecule has 3 N–H and O–H groups in total. The van der Waals surface area contributed by atoms with E-state index in [0.29, 0.717) is 11.4 Å². The third-order valence-corrected chi connectivity index (χ3v) is 2.79. The van der Waals surface area contributed by atoms with Crippen LogP contribution in [-0.2, 0) is 0 Å². The van der Waals surface area contributed by atoms with Crippen LogP contribution in [0.4, 0.5) is 4.39 Å². The number of nitrogens with one attached hydrogen (secondary N) is 2. The van der Waals surface area contributed by atoms with E-state index in [1.54, 1.807) is 12.3 Å². The fourth-order valence-corrected chi connectivity index (χ4v) is 1.77. The summed E-state index contributed by atoms with van der Waals surface area (Å²) in [4.78, 5) is 7.36. The van der Waals surface area contributed by atoms with Gasteiger partial charge in [-0.25, -0.2) is 9.37 Å². The van der Waals surface area contributed by atoms with Crippen molar-refractivity contribution in [2.45, 2.75) is 19.9 Å². The van der Waals surface area contributed by atoms with E-state index in [2.05, 4.69) is 15.3 Å². The molecule has 2 rings (SSSR count). The molecule has 1 aromatic carbocycles. The average Bonchev–Trinajstić information content (AvgIpc) is 2.82. The summed E-state index contributed by atoms with van der Waals surface area (Å²) < 4.78 is 13.2. The molecule has 4 nitrogen and oxygen atoms in total. The highest BCUT2D eigenvalue weighted by Crippen LogP contribution is 2.23. The largest absolute Gasteiger partial charge is 0.505 e. The molecule has 1 aromatic heterocycles. The van der Waals surface area contributed by atoms with E-state index in [4.69, 9.17) is 5.11 Å². The van der Waals surface area contributed by atoms with Gasteiger partial charge in [0.1, 0.15) is 5.82 Å². The van der Waals surface area contributed by atoms with Gasteiger partial charge in [0, 0.05) is 11.6 Å². The Morgan fingerprint density at radius 2 is 2.28 bits per heavy atom. The molecule has 18 heavy (non-hydrogen) atoms. The van der Waals surface area contributed by atoms with Gasteiger partial charge in [0.15, 0.2) is 11.6 Å². The number of aromatic nitrogens is 2. The minimum Gasteiger partial charge on any atom is -0.505 e. The fourth-order valence-electron chi connectivity index (χ4n) is 1.77. The SMILES string of the molecule is CCNC(C)c1cnc(-c2ccc(O)c(F)c2)[nH]1. The van der Waals surface area contributed by atoms with Crippen molar-refractivity contribution in [3.05, 3.63) is 35.9 Å². The van der Waals surface area contributed by atoms with Gasteiger partial charge in [-0.1, -0.05) is 6.92 Å². The number of aromatic hydroxyl groups is 1. The molecule has 0 aliphatic carbocycles. The Morgan fingerprint density at radius 1 is 1.50 bits per heavy atom. The van der Waals surface area contributed by atoms with Crippen molar-refractivity contribution in [2.75, 3.05) is 6.54 Å². The summed E-state index contributed by atoms with van der Waals surface area (Å²) in [6.45, 7) is 4.92. The van der Waals surface area contributed by atoms with Crippen LogP contribution >= 0.6 is 0 Å². The predicted octanol–water partition coefficient (Wildman–Crippen LogP) is 2.59. The summed E-state index contributed by atoms with van der Waals surface area (Å²) in [6, 6.07) is 4.37. The number of phenolic OH excluding ortho intramolecular Hbond substituents is 1. The number of imidazole rings is 1. The number of halogens is 1.